The smallest absolute Gasteiger partial charge is 0.149 e. The van der Waals surface area contributed by atoms with Crippen LogP contribution in [0.2, 0.25) is 0 Å². The maximum atomic E-state index is 13.2. The van der Waals surface area contributed by atoms with Crippen molar-refractivity contribution in [1.29, 1.82) is 0 Å². The summed E-state index contributed by atoms with van der Waals surface area (Å²) in [6.45, 7) is 4.09. The quantitative estimate of drug-likeness (QED) is 0.888. The second-order valence-corrected chi connectivity index (χ2v) is 5.04. The molecule has 5 heteroatoms. The average molecular weight is 298 g/mol. The molecule has 3 N–H and O–H groups in total. The van der Waals surface area contributed by atoms with Crippen molar-refractivity contribution < 1.29 is 4.39 Å². The predicted molar refractivity (Wildman–Crippen MR) is 70.2 cm³/mol. The molecular formula is C12H13BrFN3. The molecule has 0 bridgehead atoms. The minimum Gasteiger partial charge on any atom is -0.382 e. The normalized spacial score (nSPS) is 11.1. The summed E-state index contributed by atoms with van der Waals surface area (Å²) in [6, 6.07) is 4.84. The van der Waals surface area contributed by atoms with E-state index in [2.05, 4.69) is 26.1 Å². The fraction of sp³-hybridized carbons (Fsp3) is 0.250. The van der Waals surface area contributed by atoms with Gasteiger partial charge in [0.1, 0.15) is 11.6 Å². The highest BCUT2D eigenvalue weighted by molar-refractivity contribution is 9.10. The Bertz CT molecular complexity index is 549. The second-order valence-electron chi connectivity index (χ2n) is 4.18. The van der Waals surface area contributed by atoms with Gasteiger partial charge in [0.15, 0.2) is 0 Å². The topological polar surface area (TPSA) is 54.7 Å². The van der Waals surface area contributed by atoms with Crippen molar-refractivity contribution in [3.05, 3.63) is 34.1 Å². The summed E-state index contributed by atoms with van der Waals surface area (Å²) in [5.74, 6) is 0.468. The Balaban J connectivity index is 2.56. The fourth-order valence-electron chi connectivity index (χ4n) is 1.82. The van der Waals surface area contributed by atoms with Crippen LogP contribution in [0.1, 0.15) is 25.3 Å². The molecule has 3 nitrogen and oxygen atoms in total. The van der Waals surface area contributed by atoms with Crippen LogP contribution < -0.4 is 5.73 Å². The molecule has 0 radical (unpaired) electrons. The third-order valence-electron chi connectivity index (χ3n) is 2.62. The van der Waals surface area contributed by atoms with Gasteiger partial charge in [-0.2, -0.15) is 5.10 Å². The van der Waals surface area contributed by atoms with E-state index in [1.54, 1.807) is 12.1 Å². The van der Waals surface area contributed by atoms with Crippen LogP contribution in [0.15, 0.2) is 22.7 Å². The molecule has 0 spiro atoms. The summed E-state index contributed by atoms with van der Waals surface area (Å²) in [7, 11) is 0. The highest BCUT2D eigenvalue weighted by Crippen LogP contribution is 2.32. The van der Waals surface area contributed by atoms with Crippen LogP contribution in [0.5, 0.6) is 0 Å². The molecule has 90 valence electrons. The maximum Gasteiger partial charge on any atom is 0.149 e. The van der Waals surface area contributed by atoms with Crippen molar-refractivity contribution in [3.63, 3.8) is 0 Å². The van der Waals surface area contributed by atoms with E-state index >= 15 is 0 Å². The van der Waals surface area contributed by atoms with Crippen LogP contribution in [-0.2, 0) is 0 Å². The summed E-state index contributed by atoms with van der Waals surface area (Å²) >= 11 is 3.17. The molecule has 0 aliphatic heterocycles. The number of halogens is 2. The van der Waals surface area contributed by atoms with Gasteiger partial charge in [-0.15, -0.1) is 0 Å². The molecule has 1 aromatic carbocycles. The Morgan fingerprint density at radius 1 is 1.41 bits per heavy atom. The van der Waals surface area contributed by atoms with E-state index < -0.39 is 0 Å². The number of H-pyrrole nitrogens is 1. The number of nitrogens with two attached hydrogens (primary N) is 1. The number of aromatic nitrogens is 2. The third kappa shape index (κ3) is 2.20. The predicted octanol–water partition coefficient (Wildman–Crippen LogP) is 3.68. The van der Waals surface area contributed by atoms with Gasteiger partial charge in [0, 0.05) is 11.1 Å². The fourth-order valence-corrected chi connectivity index (χ4v) is 2.20. The van der Waals surface area contributed by atoms with Gasteiger partial charge in [-0.1, -0.05) is 13.8 Å². The molecule has 0 aliphatic rings. The Morgan fingerprint density at radius 3 is 2.71 bits per heavy atom. The molecule has 0 atom stereocenters. The molecule has 1 aromatic heterocycles. The van der Waals surface area contributed by atoms with Gasteiger partial charge in [0.25, 0.3) is 0 Å². The Labute approximate surface area is 107 Å². The van der Waals surface area contributed by atoms with Crippen molar-refractivity contribution in [3.8, 4) is 11.3 Å². The molecular weight excluding hydrogens is 285 g/mol. The lowest BCUT2D eigenvalue weighted by Gasteiger charge is -2.08. The zero-order valence-electron chi connectivity index (χ0n) is 9.59. The average Bonchev–Trinajstić information content (AvgIpc) is 2.64. The minimum absolute atomic E-state index is 0.257. The summed E-state index contributed by atoms with van der Waals surface area (Å²) < 4.78 is 13.6. The maximum absolute atomic E-state index is 13.2. The molecule has 0 unspecified atom stereocenters. The molecule has 2 aromatic rings. The zero-order chi connectivity index (χ0) is 12.6. The van der Waals surface area contributed by atoms with Crippen LogP contribution >= 0.6 is 15.9 Å². The first-order chi connectivity index (χ1) is 8.00. The summed E-state index contributed by atoms with van der Waals surface area (Å²) in [5, 5.41) is 6.91. The van der Waals surface area contributed by atoms with E-state index in [0.29, 0.717) is 10.3 Å². The molecule has 0 saturated heterocycles. The number of nitrogens with zero attached hydrogens (tertiary/aromatic N) is 1. The Kier molecular flexibility index (Phi) is 3.19. The molecule has 0 amide bonds. The van der Waals surface area contributed by atoms with E-state index in [1.807, 2.05) is 13.8 Å². The summed E-state index contributed by atoms with van der Waals surface area (Å²) in [6.07, 6.45) is 0. The zero-order valence-corrected chi connectivity index (χ0v) is 11.2. The van der Waals surface area contributed by atoms with E-state index in [4.69, 9.17) is 5.73 Å². The lowest BCUT2D eigenvalue weighted by molar-refractivity contribution is 0.621. The highest BCUT2D eigenvalue weighted by atomic mass is 79.9. The van der Waals surface area contributed by atoms with Crippen LogP contribution in [0.4, 0.5) is 10.2 Å². The van der Waals surface area contributed by atoms with Crippen molar-refractivity contribution in [2.24, 2.45) is 0 Å². The van der Waals surface area contributed by atoms with Crippen LogP contribution in [0.3, 0.4) is 0 Å². The number of hydrogen-bond acceptors (Lipinski definition) is 2. The lowest BCUT2D eigenvalue weighted by atomic mass is 9.99. The van der Waals surface area contributed by atoms with Gasteiger partial charge in [0.2, 0.25) is 0 Å². The van der Waals surface area contributed by atoms with Gasteiger partial charge < -0.3 is 5.73 Å². The Morgan fingerprint density at radius 2 is 2.12 bits per heavy atom. The number of anilines is 1. The number of benzene rings is 1. The molecule has 0 fully saturated rings. The number of nitrogen functional groups attached to an aromatic ring is 1. The first-order valence-corrected chi connectivity index (χ1v) is 6.09. The van der Waals surface area contributed by atoms with Gasteiger partial charge in [-0.25, -0.2) is 4.39 Å². The number of aromatic amines is 1. The molecule has 2 rings (SSSR count). The van der Waals surface area contributed by atoms with E-state index in [1.165, 1.54) is 6.07 Å². The lowest BCUT2D eigenvalue weighted by Crippen LogP contribution is -1.95. The summed E-state index contributed by atoms with van der Waals surface area (Å²) in [5.41, 5.74) is 8.49. The van der Waals surface area contributed by atoms with Crippen LogP contribution in [-0.4, -0.2) is 10.2 Å². The first-order valence-electron chi connectivity index (χ1n) is 5.30. The minimum atomic E-state index is -0.285. The SMILES string of the molecule is CC(C)c1c(N)n[nH]c1-c1ccc(F)c(Br)c1. The standard InChI is InChI=1S/C12H13BrFN3/c1-6(2)10-11(16-17-12(10)15)7-3-4-9(14)8(13)5-7/h3-6H,1-2H3,(H3,15,16,17). The van der Waals surface area contributed by atoms with Crippen molar-refractivity contribution >= 4 is 21.7 Å². The summed E-state index contributed by atoms with van der Waals surface area (Å²) in [4.78, 5) is 0. The number of rotatable bonds is 2. The Hall–Kier alpha value is -1.36. The van der Waals surface area contributed by atoms with Gasteiger partial charge in [-0.05, 0) is 40.0 Å². The van der Waals surface area contributed by atoms with Crippen LogP contribution in [0, 0.1) is 5.82 Å². The molecule has 0 saturated carbocycles. The van der Waals surface area contributed by atoms with E-state index in [9.17, 15) is 4.39 Å². The van der Waals surface area contributed by atoms with E-state index in [0.717, 1.165) is 16.8 Å². The van der Waals surface area contributed by atoms with Gasteiger partial charge in [0.05, 0.1) is 10.2 Å². The molecule has 0 aliphatic carbocycles. The van der Waals surface area contributed by atoms with Gasteiger partial charge in [-0.3, -0.25) is 5.10 Å². The monoisotopic (exact) mass is 297 g/mol. The molecule has 1 heterocycles. The highest BCUT2D eigenvalue weighted by Gasteiger charge is 2.16. The van der Waals surface area contributed by atoms with E-state index in [-0.39, 0.29) is 11.7 Å². The number of hydrogen-bond donors (Lipinski definition) is 2. The second kappa shape index (κ2) is 4.49. The first kappa shape index (κ1) is 12.1. The third-order valence-corrected chi connectivity index (χ3v) is 3.23. The number of nitrogens with one attached hydrogen (secondary N) is 1. The molecule has 17 heavy (non-hydrogen) atoms. The van der Waals surface area contributed by atoms with Crippen molar-refractivity contribution in [2.75, 3.05) is 5.73 Å². The largest absolute Gasteiger partial charge is 0.382 e. The van der Waals surface area contributed by atoms with Crippen LogP contribution in [0.25, 0.3) is 11.3 Å². The van der Waals surface area contributed by atoms with Gasteiger partial charge >= 0.3 is 0 Å². The van der Waals surface area contributed by atoms with Crippen molar-refractivity contribution in [2.45, 2.75) is 19.8 Å². The van der Waals surface area contributed by atoms with Crippen molar-refractivity contribution in [1.82, 2.24) is 10.2 Å².